The summed E-state index contributed by atoms with van der Waals surface area (Å²) in [5.41, 5.74) is 0.134. The third-order valence-electron chi connectivity index (χ3n) is 8.18. The molecule has 2 aromatic heterocycles. The van der Waals surface area contributed by atoms with Gasteiger partial charge in [-0.25, -0.2) is 11.0 Å². The lowest BCUT2D eigenvalue weighted by atomic mass is 10.0. The van der Waals surface area contributed by atoms with E-state index >= 15 is 0 Å². The molecule has 2 saturated heterocycles. The largest absolute Gasteiger partial charge is 0.462 e. The molecule has 3 aliphatic heterocycles. The molecular formula is C28H31ClF4N8O2. The van der Waals surface area contributed by atoms with Crippen molar-refractivity contribution in [2.75, 3.05) is 62.7 Å². The van der Waals surface area contributed by atoms with E-state index in [9.17, 15) is 22.4 Å². The Morgan fingerprint density at radius 1 is 1.19 bits per heavy atom. The minimum atomic E-state index is -4.69. The first kappa shape index (κ1) is 30.7. The number of ether oxygens (including phenoxy) is 1. The third-order valence-corrected chi connectivity index (χ3v) is 8.47. The van der Waals surface area contributed by atoms with Gasteiger partial charge in [-0.1, -0.05) is 18.2 Å². The van der Waals surface area contributed by atoms with Gasteiger partial charge < -0.3 is 29.2 Å². The highest BCUT2D eigenvalue weighted by molar-refractivity contribution is 6.31. The van der Waals surface area contributed by atoms with Gasteiger partial charge in [0.2, 0.25) is 6.54 Å². The maximum absolute atomic E-state index is 14.0. The fraction of sp³-hybridized carbons (Fsp3) is 0.536. The second-order valence-corrected chi connectivity index (χ2v) is 11.3. The number of fused-ring (bicyclic) bond motifs is 1. The van der Waals surface area contributed by atoms with Gasteiger partial charge in [-0.05, 0) is 32.9 Å². The molecule has 0 bridgehead atoms. The molecule has 3 aliphatic rings. The van der Waals surface area contributed by atoms with E-state index in [0.29, 0.717) is 31.1 Å². The fourth-order valence-electron chi connectivity index (χ4n) is 5.96. The molecule has 0 radical (unpaired) electrons. The average molecular weight is 623 g/mol. The van der Waals surface area contributed by atoms with Crippen LogP contribution in [0, 0.1) is 6.57 Å². The number of carbonyl (C=O) groups is 1. The number of nitrogens with zero attached hydrogens (tertiary/aromatic N) is 8. The molecule has 5 heterocycles. The number of likely N-dealkylation sites (tertiary alicyclic amines) is 1. The third kappa shape index (κ3) is 6.47. The number of carbonyl (C=O) groups excluding carboxylic acids is 1. The molecule has 0 N–H and O–H groups in total. The van der Waals surface area contributed by atoms with E-state index in [0.717, 1.165) is 37.3 Å². The van der Waals surface area contributed by atoms with Gasteiger partial charge in [-0.2, -0.15) is 23.1 Å². The van der Waals surface area contributed by atoms with Crippen molar-refractivity contribution in [3.8, 4) is 6.01 Å². The standard InChI is InChI=1S/C28H31ClF4N8O2/c1-17(30)26(42)41-10-9-40(14-19(41)11-34-2)25-20-6-8-39(23-13-35-12-21(29)24(23)28(31,32)33)15-22(20)36-27(37-25)43-16-18-5-4-7-38(18)3/h12-13,18-19H,1,4-11,14-16H2,3H3/t18-,19-/m0/s1. The number of anilines is 2. The van der Waals surface area contributed by atoms with Gasteiger partial charge >= 0.3 is 12.2 Å². The summed E-state index contributed by atoms with van der Waals surface area (Å²) in [6.45, 7) is 12.6. The number of likely N-dealkylation sites (N-methyl/N-ethyl adjacent to an activating group) is 1. The van der Waals surface area contributed by atoms with Crippen LogP contribution in [0.25, 0.3) is 4.85 Å². The Balaban J connectivity index is 1.49. The number of halogens is 5. The van der Waals surface area contributed by atoms with Crippen LogP contribution in [0.4, 0.5) is 29.1 Å². The van der Waals surface area contributed by atoms with Gasteiger partial charge in [-0.3, -0.25) is 9.78 Å². The van der Waals surface area contributed by atoms with Gasteiger partial charge in [-0.15, -0.1) is 0 Å². The smallest absolute Gasteiger partial charge is 0.419 e. The zero-order valence-electron chi connectivity index (χ0n) is 23.6. The van der Waals surface area contributed by atoms with Crippen molar-refractivity contribution in [1.29, 1.82) is 0 Å². The Hall–Kier alpha value is -3.70. The predicted octanol–water partition coefficient (Wildman–Crippen LogP) is 4.00. The molecule has 15 heteroatoms. The van der Waals surface area contributed by atoms with Gasteiger partial charge in [0.1, 0.15) is 24.0 Å². The molecule has 43 heavy (non-hydrogen) atoms. The Bertz CT molecular complexity index is 1430. The van der Waals surface area contributed by atoms with E-state index in [1.165, 1.54) is 4.90 Å². The van der Waals surface area contributed by atoms with Crippen LogP contribution >= 0.6 is 11.6 Å². The number of pyridine rings is 1. The summed E-state index contributed by atoms with van der Waals surface area (Å²) >= 11 is 5.95. The highest BCUT2D eigenvalue weighted by Crippen LogP contribution is 2.42. The molecule has 2 fully saturated rings. The summed E-state index contributed by atoms with van der Waals surface area (Å²) in [7, 11) is 2.01. The highest BCUT2D eigenvalue weighted by atomic mass is 35.5. The van der Waals surface area contributed by atoms with Crippen LogP contribution < -0.4 is 14.5 Å². The first-order valence-corrected chi connectivity index (χ1v) is 14.3. The van der Waals surface area contributed by atoms with Crippen molar-refractivity contribution in [1.82, 2.24) is 24.8 Å². The van der Waals surface area contributed by atoms with E-state index in [1.54, 1.807) is 4.90 Å². The topological polar surface area (TPSA) is 82.3 Å². The number of alkyl halides is 3. The molecule has 0 unspecified atom stereocenters. The average Bonchev–Trinajstić information content (AvgIpc) is 3.38. The van der Waals surface area contributed by atoms with E-state index in [1.807, 2.05) is 11.9 Å². The van der Waals surface area contributed by atoms with Gasteiger partial charge in [0.25, 0.3) is 5.91 Å². The van der Waals surface area contributed by atoms with Crippen LogP contribution in [-0.4, -0.2) is 95.7 Å². The number of aromatic nitrogens is 3. The minimum Gasteiger partial charge on any atom is -0.462 e. The molecule has 2 aromatic rings. The zero-order valence-corrected chi connectivity index (χ0v) is 24.3. The monoisotopic (exact) mass is 622 g/mol. The highest BCUT2D eigenvalue weighted by Gasteiger charge is 2.40. The van der Waals surface area contributed by atoms with Crippen molar-refractivity contribution in [3.63, 3.8) is 0 Å². The van der Waals surface area contributed by atoms with Crippen LogP contribution in [0.15, 0.2) is 24.8 Å². The number of hydrogen-bond donors (Lipinski definition) is 0. The quantitative estimate of drug-likeness (QED) is 0.261. The lowest BCUT2D eigenvalue weighted by molar-refractivity contribution is -0.137. The molecule has 0 aliphatic carbocycles. The number of piperazine rings is 1. The fourth-order valence-corrected chi connectivity index (χ4v) is 6.22. The molecule has 10 nitrogen and oxygen atoms in total. The molecule has 1 amide bonds. The van der Waals surface area contributed by atoms with Crippen LogP contribution in [0.2, 0.25) is 5.02 Å². The van der Waals surface area contributed by atoms with Crippen LogP contribution in [0.1, 0.15) is 29.7 Å². The van der Waals surface area contributed by atoms with E-state index in [2.05, 4.69) is 26.3 Å². The Morgan fingerprint density at radius 3 is 2.65 bits per heavy atom. The van der Waals surface area contributed by atoms with Crippen molar-refractivity contribution in [3.05, 3.63) is 58.1 Å². The van der Waals surface area contributed by atoms with E-state index in [4.69, 9.17) is 27.9 Å². The van der Waals surface area contributed by atoms with E-state index in [-0.39, 0.29) is 50.5 Å². The molecule has 0 spiro atoms. The van der Waals surface area contributed by atoms with E-state index < -0.39 is 34.5 Å². The zero-order chi connectivity index (χ0) is 30.9. The van der Waals surface area contributed by atoms with Crippen molar-refractivity contribution in [2.24, 2.45) is 0 Å². The van der Waals surface area contributed by atoms with Crippen molar-refractivity contribution < 1.29 is 27.1 Å². The second kappa shape index (κ2) is 12.5. The second-order valence-electron chi connectivity index (χ2n) is 10.9. The van der Waals surface area contributed by atoms with Crippen LogP contribution in [0.5, 0.6) is 6.01 Å². The Morgan fingerprint density at radius 2 is 1.98 bits per heavy atom. The van der Waals surface area contributed by atoms with Gasteiger partial charge in [0.15, 0.2) is 5.83 Å². The minimum absolute atomic E-state index is 0.0290. The summed E-state index contributed by atoms with van der Waals surface area (Å²) in [6.07, 6.45) is -0.249. The summed E-state index contributed by atoms with van der Waals surface area (Å²) < 4.78 is 61.7. The van der Waals surface area contributed by atoms with Gasteiger partial charge in [0, 0.05) is 44.0 Å². The maximum Gasteiger partial charge on any atom is 0.419 e. The number of rotatable bonds is 7. The first-order valence-electron chi connectivity index (χ1n) is 13.9. The predicted molar refractivity (Wildman–Crippen MR) is 152 cm³/mol. The first-order chi connectivity index (χ1) is 20.5. The lowest BCUT2D eigenvalue weighted by Gasteiger charge is -2.41. The maximum atomic E-state index is 14.0. The van der Waals surface area contributed by atoms with Gasteiger partial charge in [0.05, 0.1) is 29.1 Å². The molecular weight excluding hydrogens is 592 g/mol. The van der Waals surface area contributed by atoms with Crippen LogP contribution in [0.3, 0.4) is 0 Å². The summed E-state index contributed by atoms with van der Waals surface area (Å²) in [5, 5.41) is -0.488. The molecule has 2 atom stereocenters. The normalized spacial score (nSPS) is 21.0. The molecule has 5 rings (SSSR count). The molecule has 0 saturated carbocycles. The summed E-state index contributed by atoms with van der Waals surface area (Å²) in [4.78, 5) is 36.1. The molecule has 0 aromatic carbocycles. The molecule has 230 valence electrons. The lowest BCUT2D eigenvalue weighted by Crippen LogP contribution is -2.57. The SMILES string of the molecule is [C-]#[N+]C[C@H]1CN(c2nc(OC[C@@H]3CCCN3C)nc3c2CCN(c2cncc(Cl)c2C(F)(F)F)C3)CCN1C(=O)C(=C)F. The Labute approximate surface area is 251 Å². The Kier molecular flexibility index (Phi) is 8.94. The van der Waals surface area contributed by atoms with Crippen molar-refractivity contribution >= 4 is 29.0 Å². The van der Waals surface area contributed by atoms with Crippen LogP contribution in [-0.2, 0) is 23.9 Å². The number of amides is 1. The number of hydrogen-bond acceptors (Lipinski definition) is 8. The van der Waals surface area contributed by atoms with Crippen molar-refractivity contribution in [2.45, 2.75) is 44.1 Å². The summed E-state index contributed by atoms with van der Waals surface area (Å²) in [5.74, 6) is -1.42. The summed E-state index contributed by atoms with van der Waals surface area (Å²) in [6, 6.07) is -0.341.